The zero-order chi connectivity index (χ0) is 15.2. The standard InChI is InChI=1S/C19H21NO2/c21-19(13-14-22-18-9-5-2-6-10-18)20(17-11-12-17)15-16-7-3-1-4-8-16/h1-10,17H,11-15H2. The van der Waals surface area contributed by atoms with Crippen molar-refractivity contribution < 1.29 is 9.53 Å². The Labute approximate surface area is 131 Å². The van der Waals surface area contributed by atoms with Crippen LogP contribution < -0.4 is 4.74 Å². The van der Waals surface area contributed by atoms with Gasteiger partial charge in [0.1, 0.15) is 5.75 Å². The molecular weight excluding hydrogens is 274 g/mol. The van der Waals surface area contributed by atoms with Crippen LogP contribution in [0.4, 0.5) is 0 Å². The average molecular weight is 295 g/mol. The Morgan fingerprint density at radius 1 is 1.00 bits per heavy atom. The number of amides is 1. The number of hydrogen-bond donors (Lipinski definition) is 0. The number of nitrogens with zero attached hydrogens (tertiary/aromatic N) is 1. The first-order valence-electron chi connectivity index (χ1n) is 7.84. The molecule has 0 N–H and O–H groups in total. The van der Waals surface area contributed by atoms with E-state index in [9.17, 15) is 4.79 Å². The van der Waals surface area contributed by atoms with Gasteiger partial charge in [0.2, 0.25) is 5.91 Å². The third-order valence-corrected chi connectivity index (χ3v) is 3.83. The minimum absolute atomic E-state index is 0.183. The van der Waals surface area contributed by atoms with Gasteiger partial charge in [-0.3, -0.25) is 4.79 Å². The molecule has 0 radical (unpaired) electrons. The second kappa shape index (κ2) is 7.12. The molecule has 1 saturated carbocycles. The van der Waals surface area contributed by atoms with Gasteiger partial charge in [0, 0.05) is 12.6 Å². The lowest BCUT2D eigenvalue weighted by Crippen LogP contribution is -2.33. The summed E-state index contributed by atoms with van der Waals surface area (Å²) in [7, 11) is 0. The number of carbonyl (C=O) groups excluding carboxylic acids is 1. The van der Waals surface area contributed by atoms with Crippen molar-refractivity contribution in [2.45, 2.75) is 31.8 Å². The molecule has 0 heterocycles. The van der Waals surface area contributed by atoms with Crippen LogP contribution in [-0.4, -0.2) is 23.5 Å². The van der Waals surface area contributed by atoms with Gasteiger partial charge in [-0.15, -0.1) is 0 Å². The molecule has 3 nitrogen and oxygen atoms in total. The van der Waals surface area contributed by atoms with E-state index in [1.807, 2.05) is 53.4 Å². The van der Waals surface area contributed by atoms with Crippen molar-refractivity contribution in [2.24, 2.45) is 0 Å². The summed E-state index contributed by atoms with van der Waals surface area (Å²) in [5, 5.41) is 0. The van der Waals surface area contributed by atoms with Crippen molar-refractivity contribution in [3.8, 4) is 5.75 Å². The van der Waals surface area contributed by atoms with Crippen molar-refractivity contribution in [2.75, 3.05) is 6.61 Å². The number of para-hydroxylation sites is 1. The van der Waals surface area contributed by atoms with Gasteiger partial charge in [-0.2, -0.15) is 0 Å². The lowest BCUT2D eigenvalue weighted by molar-refractivity contribution is -0.132. The van der Waals surface area contributed by atoms with Crippen LogP contribution in [0.5, 0.6) is 5.75 Å². The fraction of sp³-hybridized carbons (Fsp3) is 0.316. The van der Waals surface area contributed by atoms with Gasteiger partial charge in [-0.05, 0) is 30.5 Å². The third kappa shape index (κ3) is 4.10. The van der Waals surface area contributed by atoms with Crippen molar-refractivity contribution in [1.82, 2.24) is 4.90 Å². The Balaban J connectivity index is 1.52. The van der Waals surface area contributed by atoms with Crippen LogP contribution in [-0.2, 0) is 11.3 Å². The van der Waals surface area contributed by atoms with Crippen LogP contribution in [0.25, 0.3) is 0 Å². The molecule has 0 aromatic heterocycles. The second-order valence-corrected chi connectivity index (χ2v) is 5.65. The molecule has 0 aliphatic heterocycles. The molecule has 1 aliphatic rings. The van der Waals surface area contributed by atoms with Crippen LogP contribution in [0, 0.1) is 0 Å². The number of ether oxygens (including phenoxy) is 1. The van der Waals surface area contributed by atoms with Crippen molar-refractivity contribution in [1.29, 1.82) is 0 Å². The summed E-state index contributed by atoms with van der Waals surface area (Å²) < 4.78 is 5.63. The predicted octanol–water partition coefficient (Wildman–Crippen LogP) is 3.65. The fourth-order valence-corrected chi connectivity index (χ4v) is 2.50. The average Bonchev–Trinajstić information content (AvgIpc) is 3.39. The molecule has 0 bridgehead atoms. The van der Waals surface area contributed by atoms with Gasteiger partial charge >= 0.3 is 0 Å². The van der Waals surface area contributed by atoms with Crippen LogP contribution in [0.15, 0.2) is 60.7 Å². The van der Waals surface area contributed by atoms with E-state index in [1.165, 1.54) is 5.56 Å². The molecule has 2 aromatic rings. The largest absolute Gasteiger partial charge is 0.493 e. The maximum Gasteiger partial charge on any atom is 0.226 e. The highest BCUT2D eigenvalue weighted by atomic mass is 16.5. The van der Waals surface area contributed by atoms with E-state index in [4.69, 9.17) is 4.74 Å². The SMILES string of the molecule is O=C(CCOc1ccccc1)N(Cc1ccccc1)C1CC1. The summed E-state index contributed by atoms with van der Waals surface area (Å²) in [5.74, 6) is 0.999. The van der Waals surface area contributed by atoms with E-state index >= 15 is 0 Å². The highest BCUT2D eigenvalue weighted by Gasteiger charge is 2.32. The highest BCUT2D eigenvalue weighted by Crippen LogP contribution is 2.29. The van der Waals surface area contributed by atoms with Crippen molar-refractivity contribution in [3.63, 3.8) is 0 Å². The van der Waals surface area contributed by atoms with E-state index in [2.05, 4.69) is 12.1 Å². The third-order valence-electron chi connectivity index (χ3n) is 3.83. The number of rotatable bonds is 7. The molecule has 1 aliphatic carbocycles. The summed E-state index contributed by atoms with van der Waals surface area (Å²) in [5.41, 5.74) is 1.19. The normalized spacial score (nSPS) is 13.6. The number of hydrogen-bond acceptors (Lipinski definition) is 2. The Kier molecular flexibility index (Phi) is 4.74. The first-order chi connectivity index (χ1) is 10.8. The molecule has 0 spiro atoms. The first-order valence-corrected chi connectivity index (χ1v) is 7.84. The highest BCUT2D eigenvalue weighted by molar-refractivity contribution is 5.77. The molecule has 3 rings (SSSR count). The summed E-state index contributed by atoms with van der Waals surface area (Å²) in [6.45, 7) is 1.14. The maximum atomic E-state index is 12.5. The first kappa shape index (κ1) is 14.6. The summed E-state index contributed by atoms with van der Waals surface area (Å²) in [6, 6.07) is 20.2. The number of benzene rings is 2. The van der Waals surface area contributed by atoms with Gasteiger partial charge in [-0.1, -0.05) is 48.5 Å². The molecule has 3 heteroatoms. The Morgan fingerprint density at radius 2 is 1.64 bits per heavy atom. The lowest BCUT2D eigenvalue weighted by atomic mass is 10.2. The molecule has 1 amide bonds. The van der Waals surface area contributed by atoms with Gasteiger partial charge in [0.05, 0.1) is 13.0 Å². The predicted molar refractivity (Wildman–Crippen MR) is 86.6 cm³/mol. The van der Waals surface area contributed by atoms with Crippen molar-refractivity contribution in [3.05, 3.63) is 66.2 Å². The zero-order valence-corrected chi connectivity index (χ0v) is 12.7. The summed E-state index contributed by atoms with van der Waals surface area (Å²) >= 11 is 0. The molecule has 114 valence electrons. The minimum atomic E-state index is 0.183. The quantitative estimate of drug-likeness (QED) is 0.780. The van der Waals surface area contributed by atoms with E-state index in [-0.39, 0.29) is 5.91 Å². The number of carbonyl (C=O) groups is 1. The molecular formula is C19H21NO2. The second-order valence-electron chi connectivity index (χ2n) is 5.65. The zero-order valence-electron chi connectivity index (χ0n) is 12.7. The van der Waals surface area contributed by atoms with E-state index < -0.39 is 0 Å². The molecule has 0 atom stereocenters. The van der Waals surface area contributed by atoms with Gasteiger partial charge in [0.25, 0.3) is 0 Å². The van der Waals surface area contributed by atoms with Gasteiger partial charge in [-0.25, -0.2) is 0 Å². The Hall–Kier alpha value is -2.29. The van der Waals surface area contributed by atoms with Crippen LogP contribution >= 0.6 is 0 Å². The summed E-state index contributed by atoms with van der Waals surface area (Å²) in [6.07, 6.45) is 2.68. The molecule has 1 fully saturated rings. The van der Waals surface area contributed by atoms with Gasteiger partial charge in [0.15, 0.2) is 0 Å². The summed E-state index contributed by atoms with van der Waals surface area (Å²) in [4.78, 5) is 14.5. The molecule has 0 saturated heterocycles. The Bertz CT molecular complexity index is 593. The Morgan fingerprint density at radius 3 is 2.27 bits per heavy atom. The van der Waals surface area contributed by atoms with Crippen LogP contribution in [0.1, 0.15) is 24.8 Å². The molecule has 22 heavy (non-hydrogen) atoms. The molecule has 2 aromatic carbocycles. The van der Waals surface area contributed by atoms with Crippen LogP contribution in [0.2, 0.25) is 0 Å². The monoisotopic (exact) mass is 295 g/mol. The van der Waals surface area contributed by atoms with E-state index in [0.717, 1.165) is 18.6 Å². The topological polar surface area (TPSA) is 29.5 Å². The van der Waals surface area contributed by atoms with Gasteiger partial charge < -0.3 is 9.64 Å². The maximum absolute atomic E-state index is 12.5. The lowest BCUT2D eigenvalue weighted by Gasteiger charge is -2.22. The van der Waals surface area contributed by atoms with Crippen LogP contribution in [0.3, 0.4) is 0 Å². The molecule has 0 unspecified atom stereocenters. The smallest absolute Gasteiger partial charge is 0.226 e. The van der Waals surface area contributed by atoms with Crippen molar-refractivity contribution >= 4 is 5.91 Å². The van der Waals surface area contributed by atoms with E-state index in [0.29, 0.717) is 25.6 Å². The minimum Gasteiger partial charge on any atom is -0.493 e. The van der Waals surface area contributed by atoms with E-state index in [1.54, 1.807) is 0 Å². The fourth-order valence-electron chi connectivity index (χ4n) is 2.50.